The maximum atomic E-state index is 9.79. The topological polar surface area (TPSA) is 60.0 Å². The third-order valence-corrected chi connectivity index (χ3v) is 1.30. The van der Waals surface area contributed by atoms with Crippen molar-refractivity contribution in [2.75, 3.05) is 0 Å². The number of oxime groups is 1. The summed E-state index contributed by atoms with van der Waals surface area (Å²) in [7, 11) is 0. The van der Waals surface area contributed by atoms with Crippen LogP contribution in [0.4, 0.5) is 0 Å². The zero-order valence-corrected chi connectivity index (χ0v) is 6.14. The molecule has 0 spiro atoms. The van der Waals surface area contributed by atoms with Gasteiger partial charge in [0.05, 0.1) is 0 Å². The molecule has 0 fully saturated rings. The maximum absolute atomic E-state index is 9.79. The predicted octanol–water partition coefficient (Wildman–Crippen LogP) is 1.70. The second-order valence-corrected chi connectivity index (χ2v) is 2.02. The third-order valence-electron chi connectivity index (χ3n) is 1.30. The van der Waals surface area contributed by atoms with Crippen molar-refractivity contribution in [1.29, 1.82) is 0 Å². The second kappa shape index (κ2) is 3.98. The lowest BCUT2D eigenvalue weighted by molar-refractivity contribution is 0.320. The lowest BCUT2D eigenvalue weighted by Gasteiger charge is -1.89. The van der Waals surface area contributed by atoms with Gasteiger partial charge in [0.15, 0.2) is 0 Å². The first-order chi connectivity index (χ1) is 5.88. The molecule has 0 aromatic heterocycles. The van der Waals surface area contributed by atoms with Gasteiger partial charge in [-0.2, -0.15) is 0 Å². The monoisotopic (exact) mass is 162 g/mol. The fraction of sp³-hybridized carbons (Fsp3) is 0. The number of hydrogen-bond acceptors (Lipinski definition) is 3. The van der Waals surface area contributed by atoms with Crippen LogP contribution in [-0.4, -0.2) is 10.9 Å². The number of rotatable bonds is 1. The molecule has 0 unspecified atom stereocenters. The zero-order chi connectivity index (χ0) is 8.81. The van der Waals surface area contributed by atoms with Gasteiger partial charge in [-0.3, -0.25) is 0 Å². The van der Waals surface area contributed by atoms with Crippen molar-refractivity contribution in [1.82, 2.24) is 0 Å². The van der Waals surface area contributed by atoms with Gasteiger partial charge in [0.1, 0.15) is 0 Å². The summed E-state index contributed by atoms with van der Waals surface area (Å²) in [4.78, 5) is 0. The molecule has 0 atom stereocenters. The van der Waals surface area contributed by atoms with E-state index in [2.05, 4.69) is 10.2 Å². The van der Waals surface area contributed by atoms with Crippen LogP contribution >= 0.6 is 0 Å². The third kappa shape index (κ3) is 1.73. The zero-order valence-electron chi connectivity index (χ0n) is 6.14. The predicted molar refractivity (Wildman–Crippen MR) is 45.4 cm³/mol. The molecule has 0 aliphatic carbocycles. The molecule has 0 amide bonds. The lowest BCUT2D eigenvalue weighted by Crippen LogP contribution is -1.95. The van der Waals surface area contributed by atoms with E-state index in [0.29, 0.717) is 5.56 Å². The fourth-order valence-corrected chi connectivity index (χ4v) is 0.784. The van der Waals surface area contributed by atoms with E-state index in [1.807, 2.05) is 12.1 Å². The Balaban J connectivity index is 3.02. The van der Waals surface area contributed by atoms with Gasteiger partial charge in [-0.15, -0.1) is 0 Å². The van der Waals surface area contributed by atoms with E-state index in [-0.39, 0.29) is 5.71 Å². The molecule has 4 heteroatoms. The van der Waals surface area contributed by atoms with Crippen LogP contribution in [-0.2, 0) is 0 Å². The molecule has 0 saturated carbocycles. The fourth-order valence-electron chi connectivity index (χ4n) is 0.784. The number of benzene rings is 1. The summed E-state index contributed by atoms with van der Waals surface area (Å²) in [5, 5.41) is 23.5. The van der Waals surface area contributed by atoms with E-state index < -0.39 is 0 Å². The van der Waals surface area contributed by atoms with Crippen LogP contribution in [0.5, 0.6) is 0 Å². The molecule has 0 bridgehead atoms. The average molecular weight is 162 g/mol. The Bertz CT molecular complexity index is 335. The molecule has 4 nitrogen and oxygen atoms in total. The largest absolute Gasteiger partial charge is 0.498 e. The van der Waals surface area contributed by atoms with Gasteiger partial charge in [0.2, 0.25) is 5.71 Å². The molecule has 0 radical (unpaired) electrons. The van der Waals surface area contributed by atoms with E-state index in [4.69, 9.17) is 5.21 Å². The Kier molecular flexibility index (Phi) is 2.68. The van der Waals surface area contributed by atoms with Crippen LogP contribution in [0.15, 0.2) is 35.5 Å². The van der Waals surface area contributed by atoms with Crippen molar-refractivity contribution in [2.45, 2.75) is 0 Å². The summed E-state index contributed by atoms with van der Waals surface area (Å²) in [6.07, 6.45) is 0. The summed E-state index contributed by atoms with van der Waals surface area (Å²) in [6, 6.07) is 10.7. The molecular formula is C8H6N2O2. The van der Waals surface area contributed by atoms with Gasteiger partial charge in [0.25, 0.3) is 0 Å². The maximum Gasteiger partial charge on any atom is 0.361 e. The Hall–Kier alpha value is -2.02. The molecule has 1 N–H and O–H groups in total. The second-order valence-electron chi connectivity index (χ2n) is 2.02. The molecule has 0 aliphatic rings. The first-order valence-corrected chi connectivity index (χ1v) is 3.24. The van der Waals surface area contributed by atoms with Crippen molar-refractivity contribution in [3.05, 3.63) is 46.1 Å². The Morgan fingerprint density at radius 3 is 2.58 bits per heavy atom. The van der Waals surface area contributed by atoms with E-state index in [1.54, 1.807) is 24.3 Å². The van der Waals surface area contributed by atoms with E-state index in [0.717, 1.165) is 0 Å². The summed E-state index contributed by atoms with van der Waals surface area (Å²) in [6.45, 7) is 0. The Labute approximate surface area is 69.2 Å². The highest BCUT2D eigenvalue weighted by Crippen LogP contribution is 1.99. The van der Waals surface area contributed by atoms with Gasteiger partial charge in [-0.05, 0) is 0 Å². The molecule has 0 heterocycles. The highest BCUT2D eigenvalue weighted by molar-refractivity contribution is 6.12. The molecule has 1 rings (SSSR count). The van der Waals surface area contributed by atoms with Crippen LogP contribution < -0.4 is 0 Å². The van der Waals surface area contributed by atoms with Gasteiger partial charge < -0.3 is 10.4 Å². The van der Waals surface area contributed by atoms with Crippen molar-refractivity contribution >= 4 is 5.71 Å². The van der Waals surface area contributed by atoms with Crippen LogP contribution in [0.3, 0.4) is 0 Å². The normalized spacial score (nSPS) is 10.2. The summed E-state index contributed by atoms with van der Waals surface area (Å²) in [5.74, 6) is 0. The molecule has 0 aliphatic heterocycles. The van der Waals surface area contributed by atoms with Crippen molar-refractivity contribution < 1.29 is 5.21 Å². The molecule has 1 aromatic carbocycles. The van der Waals surface area contributed by atoms with Crippen molar-refractivity contribution in [3.8, 4) is 6.07 Å². The van der Waals surface area contributed by atoms with E-state index in [1.165, 1.54) is 0 Å². The molecular weight excluding hydrogens is 156 g/mol. The van der Waals surface area contributed by atoms with Crippen LogP contribution in [0.2, 0.25) is 0 Å². The molecule has 1 aromatic rings. The van der Waals surface area contributed by atoms with E-state index in [9.17, 15) is 5.21 Å². The van der Waals surface area contributed by atoms with Crippen molar-refractivity contribution in [2.24, 2.45) is 5.16 Å². The Morgan fingerprint density at radius 1 is 1.42 bits per heavy atom. The highest BCUT2D eigenvalue weighted by atomic mass is 16.4. The number of nitrogens with zero attached hydrogens (tertiary/aromatic N) is 2. The molecule has 0 saturated heterocycles. The van der Waals surface area contributed by atoms with Crippen LogP contribution in [0.1, 0.15) is 5.56 Å². The minimum atomic E-state index is 0.0330. The molecule has 12 heavy (non-hydrogen) atoms. The number of hydrogen-bond donors (Lipinski definition) is 1. The summed E-state index contributed by atoms with van der Waals surface area (Å²) < 4.78 is 0. The van der Waals surface area contributed by atoms with Gasteiger partial charge in [-0.1, -0.05) is 35.5 Å². The van der Waals surface area contributed by atoms with Gasteiger partial charge in [0, 0.05) is 10.6 Å². The van der Waals surface area contributed by atoms with Crippen molar-refractivity contribution in [3.63, 3.8) is 0 Å². The lowest BCUT2D eigenvalue weighted by atomic mass is 10.1. The SMILES string of the molecule is [O-][N+]#CC(=NO)c1ccccc1. The minimum absolute atomic E-state index is 0.0330. The average Bonchev–Trinajstić information content (AvgIpc) is 2.15. The van der Waals surface area contributed by atoms with Gasteiger partial charge in [-0.25, -0.2) is 0 Å². The summed E-state index contributed by atoms with van der Waals surface area (Å²) in [5.41, 5.74) is 0.630. The van der Waals surface area contributed by atoms with Gasteiger partial charge >= 0.3 is 6.07 Å². The highest BCUT2D eigenvalue weighted by Gasteiger charge is 2.04. The van der Waals surface area contributed by atoms with Crippen LogP contribution in [0.25, 0.3) is 5.01 Å². The molecule has 60 valence electrons. The minimum Gasteiger partial charge on any atom is -0.498 e. The smallest absolute Gasteiger partial charge is 0.361 e. The first-order valence-electron chi connectivity index (χ1n) is 3.24. The summed E-state index contributed by atoms with van der Waals surface area (Å²) >= 11 is 0. The standard InChI is InChI=1S/C8H6N2O2/c11-9-6-8(10-12)7-4-2-1-3-5-7/h1-5,12H. The first kappa shape index (κ1) is 8.08. The quantitative estimate of drug-likeness (QED) is 0.388. The Morgan fingerprint density at radius 2 is 2.08 bits per heavy atom. The van der Waals surface area contributed by atoms with E-state index >= 15 is 0 Å². The van der Waals surface area contributed by atoms with Crippen LogP contribution in [0, 0.1) is 11.3 Å².